The second-order valence-electron chi connectivity index (χ2n) is 3.53. The number of benzene rings is 2. The van der Waals surface area contributed by atoms with E-state index in [4.69, 9.17) is 9.47 Å². The molecule has 2 nitrogen and oxygen atoms in total. The van der Waals surface area contributed by atoms with E-state index in [2.05, 4.69) is 0 Å². The van der Waals surface area contributed by atoms with E-state index < -0.39 is 0 Å². The van der Waals surface area contributed by atoms with Crippen LogP contribution in [-0.2, 0) is 9.47 Å². The largest absolute Gasteiger partial charge is 0.377 e. The summed E-state index contributed by atoms with van der Waals surface area (Å²) in [5, 5.41) is 0. The summed E-state index contributed by atoms with van der Waals surface area (Å²) in [5.74, 6) is 0. The maximum Gasteiger partial charge on any atom is 0.0701 e. The SMILES string of the molecule is C1COCCO1.c1ccccc1.c1ccccc1. The Morgan fingerprint density at radius 1 is 0.333 bits per heavy atom. The smallest absolute Gasteiger partial charge is 0.0701 e. The average Bonchev–Trinajstić information content (AvgIpc) is 2.54. The van der Waals surface area contributed by atoms with Crippen molar-refractivity contribution < 1.29 is 9.47 Å². The van der Waals surface area contributed by atoms with Crippen LogP contribution >= 0.6 is 0 Å². The quantitative estimate of drug-likeness (QED) is 0.707. The first-order valence-electron chi connectivity index (χ1n) is 6.15. The zero-order chi connectivity index (χ0) is 12.7. The zero-order valence-electron chi connectivity index (χ0n) is 10.6. The van der Waals surface area contributed by atoms with E-state index in [1.807, 2.05) is 72.8 Å². The molecule has 2 heteroatoms. The highest BCUT2D eigenvalue weighted by molar-refractivity contribution is 4.99. The summed E-state index contributed by atoms with van der Waals surface area (Å²) in [5.41, 5.74) is 0. The maximum absolute atomic E-state index is 4.94. The average molecular weight is 244 g/mol. The highest BCUT2D eigenvalue weighted by atomic mass is 16.6. The van der Waals surface area contributed by atoms with E-state index in [0.717, 1.165) is 26.4 Å². The number of ether oxygens (including phenoxy) is 2. The van der Waals surface area contributed by atoms with Crippen LogP contribution in [0, 0.1) is 0 Å². The fourth-order valence-electron chi connectivity index (χ4n) is 1.21. The molecule has 0 atom stereocenters. The fourth-order valence-corrected chi connectivity index (χ4v) is 1.21. The van der Waals surface area contributed by atoms with Crippen molar-refractivity contribution in [3.05, 3.63) is 72.8 Å². The van der Waals surface area contributed by atoms with Gasteiger partial charge in [0.05, 0.1) is 26.4 Å². The first-order chi connectivity index (χ1) is 9.00. The van der Waals surface area contributed by atoms with E-state index in [1.165, 1.54) is 0 Å². The van der Waals surface area contributed by atoms with Gasteiger partial charge in [0, 0.05) is 0 Å². The van der Waals surface area contributed by atoms with E-state index in [9.17, 15) is 0 Å². The molecule has 1 fully saturated rings. The van der Waals surface area contributed by atoms with Gasteiger partial charge in [0.1, 0.15) is 0 Å². The molecular weight excluding hydrogens is 224 g/mol. The Balaban J connectivity index is 0.000000135. The molecule has 18 heavy (non-hydrogen) atoms. The predicted molar refractivity (Wildman–Crippen MR) is 74.5 cm³/mol. The first-order valence-corrected chi connectivity index (χ1v) is 6.15. The summed E-state index contributed by atoms with van der Waals surface area (Å²) < 4.78 is 9.89. The molecule has 0 amide bonds. The molecule has 1 heterocycles. The van der Waals surface area contributed by atoms with Crippen molar-refractivity contribution in [2.45, 2.75) is 0 Å². The lowest BCUT2D eigenvalue weighted by Gasteiger charge is -2.09. The molecule has 0 radical (unpaired) electrons. The molecule has 2 aromatic carbocycles. The van der Waals surface area contributed by atoms with Crippen molar-refractivity contribution in [3.63, 3.8) is 0 Å². The number of hydrogen-bond donors (Lipinski definition) is 0. The summed E-state index contributed by atoms with van der Waals surface area (Å²) in [4.78, 5) is 0. The third kappa shape index (κ3) is 9.58. The lowest BCUT2D eigenvalue weighted by molar-refractivity contribution is -0.0334. The van der Waals surface area contributed by atoms with Crippen LogP contribution in [0.2, 0.25) is 0 Å². The van der Waals surface area contributed by atoms with Crippen LogP contribution in [0.15, 0.2) is 72.8 Å². The van der Waals surface area contributed by atoms with Gasteiger partial charge in [-0.15, -0.1) is 0 Å². The molecule has 96 valence electrons. The van der Waals surface area contributed by atoms with Crippen LogP contribution in [-0.4, -0.2) is 26.4 Å². The summed E-state index contributed by atoms with van der Waals surface area (Å²) in [7, 11) is 0. The Morgan fingerprint density at radius 2 is 0.500 bits per heavy atom. The van der Waals surface area contributed by atoms with Crippen molar-refractivity contribution in [2.24, 2.45) is 0 Å². The standard InChI is InChI=1S/2C6H6.C4H8O2/c2*1-2-4-6-5-3-1;1-2-6-4-3-5-1/h2*1-6H;1-4H2. The van der Waals surface area contributed by atoms with Crippen LogP contribution < -0.4 is 0 Å². The van der Waals surface area contributed by atoms with Crippen LogP contribution in [0.1, 0.15) is 0 Å². The van der Waals surface area contributed by atoms with Gasteiger partial charge in [-0.2, -0.15) is 0 Å². The van der Waals surface area contributed by atoms with Gasteiger partial charge >= 0.3 is 0 Å². The molecule has 0 N–H and O–H groups in total. The minimum absolute atomic E-state index is 0.778. The maximum atomic E-state index is 4.94. The molecule has 2 aromatic rings. The van der Waals surface area contributed by atoms with Gasteiger partial charge < -0.3 is 9.47 Å². The summed E-state index contributed by atoms with van der Waals surface area (Å²) in [6.07, 6.45) is 0. The minimum atomic E-state index is 0.778. The summed E-state index contributed by atoms with van der Waals surface area (Å²) in [6, 6.07) is 24.0. The van der Waals surface area contributed by atoms with Crippen molar-refractivity contribution in [3.8, 4) is 0 Å². The molecule has 1 aliphatic heterocycles. The molecule has 1 saturated heterocycles. The van der Waals surface area contributed by atoms with Gasteiger partial charge in [-0.1, -0.05) is 72.8 Å². The zero-order valence-corrected chi connectivity index (χ0v) is 10.6. The fraction of sp³-hybridized carbons (Fsp3) is 0.250. The Morgan fingerprint density at radius 3 is 0.611 bits per heavy atom. The summed E-state index contributed by atoms with van der Waals surface area (Å²) in [6.45, 7) is 3.11. The van der Waals surface area contributed by atoms with Gasteiger partial charge in [0.15, 0.2) is 0 Å². The Kier molecular flexibility index (Phi) is 9.48. The molecule has 0 aromatic heterocycles. The molecule has 0 unspecified atom stereocenters. The van der Waals surface area contributed by atoms with E-state index in [-0.39, 0.29) is 0 Å². The second kappa shape index (κ2) is 11.8. The van der Waals surface area contributed by atoms with Crippen LogP contribution in [0.4, 0.5) is 0 Å². The van der Waals surface area contributed by atoms with E-state index in [0.29, 0.717) is 0 Å². The predicted octanol–water partition coefficient (Wildman–Crippen LogP) is 3.41. The Bertz CT molecular complexity index is 248. The van der Waals surface area contributed by atoms with E-state index >= 15 is 0 Å². The van der Waals surface area contributed by atoms with Crippen LogP contribution in [0.25, 0.3) is 0 Å². The first kappa shape index (κ1) is 14.4. The minimum Gasteiger partial charge on any atom is -0.377 e. The van der Waals surface area contributed by atoms with Crippen molar-refractivity contribution in [1.29, 1.82) is 0 Å². The third-order valence-electron chi connectivity index (χ3n) is 2.08. The molecule has 0 saturated carbocycles. The van der Waals surface area contributed by atoms with Gasteiger partial charge in [-0.25, -0.2) is 0 Å². The lowest BCUT2D eigenvalue weighted by atomic mass is 10.4. The second-order valence-corrected chi connectivity index (χ2v) is 3.53. The molecule has 0 spiro atoms. The monoisotopic (exact) mass is 244 g/mol. The molecule has 3 rings (SSSR count). The van der Waals surface area contributed by atoms with E-state index in [1.54, 1.807) is 0 Å². The van der Waals surface area contributed by atoms with Gasteiger partial charge in [0.2, 0.25) is 0 Å². The van der Waals surface area contributed by atoms with Crippen LogP contribution in [0.5, 0.6) is 0 Å². The van der Waals surface area contributed by atoms with Crippen molar-refractivity contribution >= 4 is 0 Å². The van der Waals surface area contributed by atoms with Crippen molar-refractivity contribution in [2.75, 3.05) is 26.4 Å². The van der Waals surface area contributed by atoms with Crippen LogP contribution in [0.3, 0.4) is 0 Å². The molecular formula is C16H20O2. The van der Waals surface area contributed by atoms with Gasteiger partial charge in [-0.3, -0.25) is 0 Å². The number of hydrogen-bond acceptors (Lipinski definition) is 2. The molecule has 0 bridgehead atoms. The Hall–Kier alpha value is -1.64. The van der Waals surface area contributed by atoms with Gasteiger partial charge in [0.25, 0.3) is 0 Å². The lowest BCUT2D eigenvalue weighted by Crippen LogP contribution is -2.16. The third-order valence-corrected chi connectivity index (χ3v) is 2.08. The van der Waals surface area contributed by atoms with Gasteiger partial charge in [-0.05, 0) is 0 Å². The Labute approximate surface area is 109 Å². The number of rotatable bonds is 0. The highest BCUT2D eigenvalue weighted by Crippen LogP contribution is 1.85. The molecule has 0 aliphatic carbocycles. The van der Waals surface area contributed by atoms with Crippen molar-refractivity contribution in [1.82, 2.24) is 0 Å². The highest BCUT2D eigenvalue weighted by Gasteiger charge is 1.94. The molecule has 1 aliphatic rings. The summed E-state index contributed by atoms with van der Waals surface area (Å²) >= 11 is 0. The topological polar surface area (TPSA) is 18.5 Å². The normalized spacial score (nSPS) is 13.3.